The Morgan fingerprint density at radius 3 is 2.29 bits per heavy atom. The molecule has 0 amide bonds. The maximum atomic E-state index is 13.5. The maximum Gasteiger partial charge on any atom is 0.437 e. The SMILES string of the molecule is CC(C)(C)n1cc(N2CCN(c3ccn4nccc4n3)CC2)c(C(F)(F)F)n1. The van der Waals surface area contributed by atoms with E-state index in [1.165, 1.54) is 10.9 Å². The zero-order valence-electron chi connectivity index (χ0n) is 16.0. The van der Waals surface area contributed by atoms with E-state index in [1.807, 2.05) is 39.1 Å². The standard InChI is InChI=1S/C18H22F3N7/c1-17(2,3)28-12-13(16(24-28)18(19,20)21)25-8-10-26(11-9-25)14-5-7-27-15(23-14)4-6-22-27/h4-7,12H,8-11H2,1-3H3. The third-order valence-corrected chi connectivity index (χ3v) is 4.84. The van der Waals surface area contributed by atoms with E-state index in [-0.39, 0.29) is 5.69 Å². The summed E-state index contributed by atoms with van der Waals surface area (Å²) in [6.45, 7) is 7.58. The minimum Gasteiger partial charge on any atom is -0.365 e. The number of hydrogen-bond acceptors (Lipinski definition) is 5. The van der Waals surface area contributed by atoms with Gasteiger partial charge in [0.05, 0.1) is 17.4 Å². The number of anilines is 2. The van der Waals surface area contributed by atoms with Crippen LogP contribution in [0, 0.1) is 0 Å². The Bertz CT molecular complexity index is 975. The molecule has 0 bridgehead atoms. The first-order chi connectivity index (χ1) is 13.1. The highest BCUT2D eigenvalue weighted by Crippen LogP contribution is 2.37. The highest BCUT2D eigenvalue weighted by Gasteiger charge is 2.40. The molecule has 1 aliphatic rings. The predicted molar refractivity (Wildman–Crippen MR) is 99.6 cm³/mol. The molecule has 0 saturated carbocycles. The number of fused-ring (bicyclic) bond motifs is 1. The molecule has 7 nitrogen and oxygen atoms in total. The molecule has 0 radical (unpaired) electrons. The van der Waals surface area contributed by atoms with Crippen LogP contribution < -0.4 is 9.80 Å². The van der Waals surface area contributed by atoms with Crippen molar-refractivity contribution in [2.75, 3.05) is 36.0 Å². The summed E-state index contributed by atoms with van der Waals surface area (Å²) in [6, 6.07) is 3.69. The molecule has 4 heterocycles. The lowest BCUT2D eigenvalue weighted by molar-refractivity contribution is -0.141. The van der Waals surface area contributed by atoms with Crippen molar-refractivity contribution in [1.29, 1.82) is 0 Å². The molecular formula is C18H22F3N7. The summed E-state index contributed by atoms with van der Waals surface area (Å²) in [7, 11) is 0. The minimum atomic E-state index is -4.49. The molecule has 150 valence electrons. The van der Waals surface area contributed by atoms with Crippen molar-refractivity contribution >= 4 is 17.2 Å². The molecule has 3 aromatic heterocycles. The summed E-state index contributed by atoms with van der Waals surface area (Å²) in [5, 5.41) is 7.97. The van der Waals surface area contributed by atoms with Crippen molar-refractivity contribution < 1.29 is 13.2 Å². The summed E-state index contributed by atoms with van der Waals surface area (Å²) in [6.07, 6.45) is 0.529. The Morgan fingerprint density at radius 1 is 0.964 bits per heavy atom. The van der Waals surface area contributed by atoms with Crippen molar-refractivity contribution in [3.8, 4) is 0 Å². The second-order valence-electron chi connectivity index (χ2n) is 7.87. The Hall–Kier alpha value is -2.78. The second kappa shape index (κ2) is 6.39. The van der Waals surface area contributed by atoms with E-state index >= 15 is 0 Å². The molecular weight excluding hydrogens is 371 g/mol. The number of piperazine rings is 1. The lowest BCUT2D eigenvalue weighted by Gasteiger charge is -2.36. The van der Waals surface area contributed by atoms with Gasteiger partial charge in [0.1, 0.15) is 5.82 Å². The lowest BCUT2D eigenvalue weighted by atomic mass is 10.1. The van der Waals surface area contributed by atoms with Crippen LogP contribution in [-0.4, -0.2) is 50.6 Å². The Balaban J connectivity index is 1.55. The van der Waals surface area contributed by atoms with Crippen LogP contribution in [0.15, 0.2) is 30.7 Å². The van der Waals surface area contributed by atoms with Gasteiger partial charge >= 0.3 is 6.18 Å². The molecule has 0 N–H and O–H groups in total. The van der Waals surface area contributed by atoms with Crippen molar-refractivity contribution in [2.45, 2.75) is 32.5 Å². The van der Waals surface area contributed by atoms with Crippen molar-refractivity contribution in [1.82, 2.24) is 24.4 Å². The first-order valence-electron chi connectivity index (χ1n) is 9.10. The number of rotatable bonds is 2. The summed E-state index contributed by atoms with van der Waals surface area (Å²) in [4.78, 5) is 8.39. The van der Waals surface area contributed by atoms with E-state index in [0.29, 0.717) is 26.2 Å². The predicted octanol–water partition coefficient (Wildman–Crippen LogP) is 3.03. The van der Waals surface area contributed by atoms with Crippen LogP contribution in [0.4, 0.5) is 24.7 Å². The molecule has 1 aliphatic heterocycles. The molecule has 1 saturated heterocycles. The molecule has 28 heavy (non-hydrogen) atoms. The summed E-state index contributed by atoms with van der Waals surface area (Å²) in [5.74, 6) is 0.800. The first-order valence-corrected chi connectivity index (χ1v) is 9.10. The quantitative estimate of drug-likeness (QED) is 0.670. The van der Waals surface area contributed by atoms with Gasteiger partial charge in [0, 0.05) is 44.6 Å². The number of halogens is 3. The normalized spacial score (nSPS) is 16.2. The maximum absolute atomic E-state index is 13.5. The van der Waals surface area contributed by atoms with Gasteiger partial charge in [-0.05, 0) is 26.8 Å². The number of nitrogens with zero attached hydrogens (tertiary/aromatic N) is 7. The number of aromatic nitrogens is 5. The van der Waals surface area contributed by atoms with Gasteiger partial charge in [0.2, 0.25) is 0 Å². The largest absolute Gasteiger partial charge is 0.437 e. The van der Waals surface area contributed by atoms with Crippen molar-refractivity contribution in [3.05, 3.63) is 36.4 Å². The average molecular weight is 393 g/mol. The van der Waals surface area contributed by atoms with Crippen LogP contribution in [0.25, 0.3) is 5.65 Å². The van der Waals surface area contributed by atoms with Gasteiger partial charge in [-0.1, -0.05) is 0 Å². The Labute approximate surface area is 160 Å². The van der Waals surface area contributed by atoms with Gasteiger partial charge in [-0.2, -0.15) is 23.4 Å². The topological polar surface area (TPSA) is 54.5 Å². The highest BCUT2D eigenvalue weighted by molar-refractivity contribution is 5.54. The van der Waals surface area contributed by atoms with Gasteiger partial charge in [-0.25, -0.2) is 9.50 Å². The Kier molecular flexibility index (Phi) is 4.24. The highest BCUT2D eigenvalue weighted by atomic mass is 19.4. The summed E-state index contributed by atoms with van der Waals surface area (Å²) in [5.41, 5.74) is -0.466. The fourth-order valence-corrected chi connectivity index (χ4v) is 3.30. The van der Waals surface area contributed by atoms with Gasteiger partial charge in [-0.3, -0.25) is 4.68 Å². The Morgan fingerprint density at radius 2 is 1.64 bits per heavy atom. The fourth-order valence-electron chi connectivity index (χ4n) is 3.30. The van der Waals surface area contributed by atoms with Crippen LogP contribution in [0.2, 0.25) is 0 Å². The fraction of sp³-hybridized carbons (Fsp3) is 0.500. The lowest BCUT2D eigenvalue weighted by Crippen LogP contribution is -2.47. The average Bonchev–Trinajstić information content (AvgIpc) is 3.27. The van der Waals surface area contributed by atoms with Gasteiger partial charge in [0.25, 0.3) is 0 Å². The summed E-state index contributed by atoms with van der Waals surface area (Å²) >= 11 is 0. The second-order valence-corrected chi connectivity index (χ2v) is 7.87. The monoisotopic (exact) mass is 393 g/mol. The van der Waals surface area contributed by atoms with Gasteiger partial charge in [0.15, 0.2) is 11.3 Å². The molecule has 4 rings (SSSR count). The van der Waals surface area contributed by atoms with E-state index < -0.39 is 17.4 Å². The molecule has 1 fully saturated rings. The molecule has 10 heteroatoms. The smallest absolute Gasteiger partial charge is 0.365 e. The van der Waals surface area contributed by atoms with Crippen LogP contribution in [0.1, 0.15) is 26.5 Å². The van der Waals surface area contributed by atoms with Crippen molar-refractivity contribution in [2.24, 2.45) is 0 Å². The zero-order valence-corrected chi connectivity index (χ0v) is 16.0. The molecule has 0 aliphatic carbocycles. The molecule has 3 aromatic rings. The van der Waals surface area contributed by atoms with E-state index in [0.717, 1.165) is 11.5 Å². The molecule has 0 spiro atoms. The first kappa shape index (κ1) is 18.6. The zero-order chi connectivity index (χ0) is 20.1. The van der Waals surface area contributed by atoms with Gasteiger partial charge < -0.3 is 9.80 Å². The minimum absolute atomic E-state index is 0.140. The van der Waals surface area contributed by atoms with E-state index in [1.54, 1.807) is 15.6 Å². The molecule has 0 atom stereocenters. The van der Waals surface area contributed by atoms with E-state index in [2.05, 4.69) is 20.1 Å². The number of alkyl halides is 3. The summed E-state index contributed by atoms with van der Waals surface area (Å²) < 4.78 is 43.7. The van der Waals surface area contributed by atoms with Crippen LogP contribution in [0.3, 0.4) is 0 Å². The third kappa shape index (κ3) is 3.38. The van der Waals surface area contributed by atoms with Crippen LogP contribution >= 0.6 is 0 Å². The van der Waals surface area contributed by atoms with Crippen LogP contribution in [0.5, 0.6) is 0 Å². The van der Waals surface area contributed by atoms with Crippen molar-refractivity contribution in [3.63, 3.8) is 0 Å². The van der Waals surface area contributed by atoms with E-state index in [4.69, 9.17) is 0 Å². The molecule has 0 aromatic carbocycles. The van der Waals surface area contributed by atoms with E-state index in [9.17, 15) is 13.2 Å². The molecule has 0 unspecified atom stereocenters. The van der Waals surface area contributed by atoms with Gasteiger partial charge in [-0.15, -0.1) is 0 Å². The third-order valence-electron chi connectivity index (χ3n) is 4.84. The number of hydrogen-bond donors (Lipinski definition) is 0. The van der Waals surface area contributed by atoms with Crippen LogP contribution in [-0.2, 0) is 11.7 Å².